The summed E-state index contributed by atoms with van der Waals surface area (Å²) in [5.74, 6) is -0.939. The van der Waals surface area contributed by atoms with E-state index in [-0.39, 0.29) is 17.9 Å². The Morgan fingerprint density at radius 3 is 2.41 bits per heavy atom. The van der Waals surface area contributed by atoms with Crippen LogP contribution in [0.4, 0.5) is 5.69 Å². The number of aryl methyl sites for hydroxylation is 2. The lowest BCUT2D eigenvalue weighted by atomic mass is 10.0. The van der Waals surface area contributed by atoms with Crippen molar-refractivity contribution in [2.24, 2.45) is 0 Å². The van der Waals surface area contributed by atoms with Gasteiger partial charge in [0.25, 0.3) is 5.91 Å². The number of sulfone groups is 1. The van der Waals surface area contributed by atoms with Gasteiger partial charge in [-0.05, 0) is 49.1 Å². The maximum atomic E-state index is 12.9. The molecule has 0 aromatic heterocycles. The van der Waals surface area contributed by atoms with Gasteiger partial charge in [0.2, 0.25) is 0 Å². The van der Waals surface area contributed by atoms with Crippen LogP contribution in [-0.4, -0.2) is 44.4 Å². The lowest BCUT2D eigenvalue weighted by molar-refractivity contribution is -0.147. The third kappa shape index (κ3) is 5.44. The zero-order valence-corrected chi connectivity index (χ0v) is 17.4. The van der Waals surface area contributed by atoms with E-state index in [2.05, 4.69) is 0 Å². The average Bonchev–Trinajstić information content (AvgIpc) is 3.03. The molecule has 0 N–H and O–H groups in total. The van der Waals surface area contributed by atoms with Gasteiger partial charge >= 0.3 is 5.97 Å². The minimum atomic E-state index is -3.16. The van der Waals surface area contributed by atoms with Gasteiger partial charge in [0, 0.05) is 5.69 Å². The van der Waals surface area contributed by atoms with E-state index >= 15 is 0 Å². The molecule has 0 radical (unpaired) electrons. The molecule has 6 nitrogen and oxygen atoms in total. The van der Waals surface area contributed by atoms with Crippen LogP contribution >= 0.6 is 0 Å². The van der Waals surface area contributed by atoms with Crippen LogP contribution in [0.1, 0.15) is 23.1 Å². The first kappa shape index (κ1) is 21.0. The van der Waals surface area contributed by atoms with E-state index in [4.69, 9.17) is 4.74 Å². The molecule has 0 spiro atoms. The highest BCUT2D eigenvalue weighted by atomic mass is 32.2. The van der Waals surface area contributed by atoms with Crippen LogP contribution < -0.4 is 4.90 Å². The summed E-state index contributed by atoms with van der Waals surface area (Å²) < 4.78 is 29.0. The monoisotopic (exact) mass is 415 g/mol. The van der Waals surface area contributed by atoms with E-state index in [1.807, 2.05) is 38.1 Å². The van der Waals surface area contributed by atoms with Gasteiger partial charge in [-0.25, -0.2) is 8.42 Å². The Balaban J connectivity index is 1.66. The maximum Gasteiger partial charge on any atom is 0.310 e. The van der Waals surface area contributed by atoms with Crippen LogP contribution in [-0.2, 0) is 30.6 Å². The number of hydrogen-bond donors (Lipinski definition) is 0. The molecule has 29 heavy (non-hydrogen) atoms. The maximum absolute atomic E-state index is 12.9. The summed E-state index contributed by atoms with van der Waals surface area (Å²) in [4.78, 5) is 26.5. The molecule has 1 atom stereocenters. The van der Waals surface area contributed by atoms with Crippen molar-refractivity contribution in [3.63, 3.8) is 0 Å². The van der Waals surface area contributed by atoms with Crippen molar-refractivity contribution in [1.29, 1.82) is 0 Å². The fourth-order valence-electron chi connectivity index (χ4n) is 3.47. The van der Waals surface area contributed by atoms with E-state index in [1.54, 1.807) is 24.3 Å². The minimum Gasteiger partial charge on any atom is -0.455 e. The number of nitrogens with zero attached hydrogens (tertiary/aromatic N) is 1. The van der Waals surface area contributed by atoms with E-state index < -0.39 is 34.4 Å². The van der Waals surface area contributed by atoms with Crippen molar-refractivity contribution >= 4 is 27.4 Å². The topological polar surface area (TPSA) is 80.8 Å². The van der Waals surface area contributed by atoms with Crippen molar-refractivity contribution in [3.05, 3.63) is 65.2 Å². The molecule has 7 heteroatoms. The van der Waals surface area contributed by atoms with E-state index in [1.165, 1.54) is 4.90 Å². The summed E-state index contributed by atoms with van der Waals surface area (Å²) in [5, 5.41) is 0. The SMILES string of the molecule is Cc1ccc(CC(=O)OCC(=O)N(c2ccccc2)[C@H]2CCS(=O)(=O)C2)cc1C. The van der Waals surface area contributed by atoms with Crippen LogP contribution in [0.25, 0.3) is 0 Å². The fraction of sp³-hybridized carbons (Fsp3) is 0.364. The first-order valence-electron chi connectivity index (χ1n) is 9.54. The summed E-state index contributed by atoms with van der Waals surface area (Å²) >= 11 is 0. The number of amides is 1. The predicted molar refractivity (Wildman–Crippen MR) is 112 cm³/mol. The zero-order chi connectivity index (χ0) is 21.0. The standard InChI is InChI=1S/C22H25NO5S/c1-16-8-9-18(12-17(16)2)13-22(25)28-14-21(24)23(19-6-4-3-5-7-19)20-10-11-29(26,27)15-20/h3-9,12,20H,10-11,13-15H2,1-2H3/t20-/m0/s1. The Labute approximate surface area is 171 Å². The van der Waals surface area contributed by atoms with Gasteiger partial charge in [0.15, 0.2) is 16.4 Å². The number of hydrogen-bond acceptors (Lipinski definition) is 5. The second-order valence-electron chi connectivity index (χ2n) is 7.41. The molecule has 1 fully saturated rings. The second kappa shape index (κ2) is 8.78. The van der Waals surface area contributed by atoms with Crippen LogP contribution in [0.15, 0.2) is 48.5 Å². The summed E-state index contributed by atoms with van der Waals surface area (Å²) in [6.45, 7) is 3.55. The van der Waals surface area contributed by atoms with Crippen molar-refractivity contribution in [2.45, 2.75) is 32.7 Å². The molecule has 3 rings (SSSR count). The number of benzene rings is 2. The van der Waals surface area contributed by atoms with Crippen LogP contribution in [0, 0.1) is 13.8 Å². The van der Waals surface area contributed by atoms with Gasteiger partial charge in [0.05, 0.1) is 24.0 Å². The number of carbonyl (C=O) groups excluding carboxylic acids is 2. The molecule has 0 bridgehead atoms. The molecule has 1 heterocycles. The van der Waals surface area contributed by atoms with Crippen molar-refractivity contribution in [3.8, 4) is 0 Å². The number of carbonyl (C=O) groups is 2. The second-order valence-corrected chi connectivity index (χ2v) is 9.64. The van der Waals surface area contributed by atoms with Crippen LogP contribution in [0.5, 0.6) is 0 Å². The van der Waals surface area contributed by atoms with E-state index in [0.29, 0.717) is 12.1 Å². The highest BCUT2D eigenvalue weighted by molar-refractivity contribution is 7.91. The summed E-state index contributed by atoms with van der Waals surface area (Å²) in [6, 6.07) is 14.2. The summed E-state index contributed by atoms with van der Waals surface area (Å²) in [7, 11) is -3.16. The molecule has 0 saturated carbocycles. The smallest absolute Gasteiger partial charge is 0.310 e. The molecule has 1 amide bonds. The normalized spacial score (nSPS) is 17.7. The van der Waals surface area contributed by atoms with E-state index in [9.17, 15) is 18.0 Å². The quantitative estimate of drug-likeness (QED) is 0.678. The number of para-hydroxylation sites is 1. The average molecular weight is 416 g/mol. The molecule has 0 unspecified atom stereocenters. The largest absolute Gasteiger partial charge is 0.455 e. The van der Waals surface area contributed by atoms with Gasteiger partial charge in [0.1, 0.15) is 0 Å². The molecule has 1 aliphatic heterocycles. The lowest BCUT2D eigenvalue weighted by Crippen LogP contribution is -2.43. The first-order chi connectivity index (χ1) is 13.7. The molecule has 1 aliphatic rings. The van der Waals surface area contributed by atoms with Gasteiger partial charge in [-0.3, -0.25) is 9.59 Å². The fourth-order valence-corrected chi connectivity index (χ4v) is 5.17. The summed E-state index contributed by atoms with van der Waals surface area (Å²) in [6.07, 6.45) is 0.455. The Hall–Kier alpha value is -2.67. The molecule has 0 aliphatic carbocycles. The third-order valence-corrected chi connectivity index (χ3v) is 6.90. The highest BCUT2D eigenvalue weighted by Crippen LogP contribution is 2.24. The van der Waals surface area contributed by atoms with Crippen LogP contribution in [0.2, 0.25) is 0 Å². The summed E-state index contributed by atoms with van der Waals surface area (Å²) in [5.41, 5.74) is 3.66. The lowest BCUT2D eigenvalue weighted by Gasteiger charge is -2.28. The number of rotatable bonds is 6. The van der Waals surface area contributed by atoms with Gasteiger partial charge in [-0.15, -0.1) is 0 Å². The first-order valence-corrected chi connectivity index (χ1v) is 11.4. The molecular weight excluding hydrogens is 390 g/mol. The molecule has 2 aromatic carbocycles. The molecule has 2 aromatic rings. The van der Waals surface area contributed by atoms with Crippen LogP contribution in [0.3, 0.4) is 0 Å². The van der Waals surface area contributed by atoms with E-state index in [0.717, 1.165) is 16.7 Å². The predicted octanol–water partition coefficient (Wildman–Crippen LogP) is 2.61. The van der Waals surface area contributed by atoms with Gasteiger partial charge in [-0.1, -0.05) is 36.4 Å². The Kier molecular flexibility index (Phi) is 6.37. The molecule has 1 saturated heterocycles. The Bertz CT molecular complexity index is 1000. The zero-order valence-electron chi connectivity index (χ0n) is 16.6. The van der Waals surface area contributed by atoms with Gasteiger partial charge in [-0.2, -0.15) is 0 Å². The van der Waals surface area contributed by atoms with Crippen molar-refractivity contribution in [1.82, 2.24) is 0 Å². The number of ether oxygens (including phenoxy) is 1. The molecule has 154 valence electrons. The van der Waals surface area contributed by atoms with Crippen molar-refractivity contribution < 1.29 is 22.7 Å². The third-order valence-electron chi connectivity index (χ3n) is 5.15. The van der Waals surface area contributed by atoms with Crippen molar-refractivity contribution in [2.75, 3.05) is 23.0 Å². The molecular formula is C22H25NO5S. The number of anilines is 1. The Morgan fingerprint density at radius 1 is 1.07 bits per heavy atom. The Morgan fingerprint density at radius 2 is 1.79 bits per heavy atom. The highest BCUT2D eigenvalue weighted by Gasteiger charge is 2.35. The number of esters is 1. The minimum absolute atomic E-state index is 0.0564. The van der Waals surface area contributed by atoms with Gasteiger partial charge < -0.3 is 9.64 Å².